The number of cyclic esters (lactones) is 1. The third-order valence-corrected chi connectivity index (χ3v) is 5.25. The molecule has 1 unspecified atom stereocenters. The van der Waals surface area contributed by atoms with Gasteiger partial charge in [-0.05, 0) is 25.8 Å². The van der Waals surface area contributed by atoms with Crippen LogP contribution in [-0.2, 0) is 31.6 Å². The van der Waals surface area contributed by atoms with Crippen molar-refractivity contribution in [2.75, 3.05) is 27.2 Å². The molecule has 0 saturated carbocycles. The van der Waals surface area contributed by atoms with Gasteiger partial charge in [0.25, 0.3) is 0 Å². The quantitative estimate of drug-likeness (QED) is 0.398. The van der Waals surface area contributed by atoms with Gasteiger partial charge >= 0.3 is 13.6 Å². The summed E-state index contributed by atoms with van der Waals surface area (Å²) >= 11 is 0. The Labute approximate surface area is 151 Å². The van der Waals surface area contributed by atoms with Gasteiger partial charge in [0.15, 0.2) is 0 Å². The van der Waals surface area contributed by atoms with E-state index < -0.39 is 19.9 Å². The molecule has 0 spiro atoms. The fourth-order valence-electron chi connectivity index (χ4n) is 2.74. The maximum Gasteiger partial charge on any atom is 0.353 e. The van der Waals surface area contributed by atoms with Gasteiger partial charge in [0.05, 0.1) is 13.7 Å². The number of carbonyl (C=O) groups is 1. The largest absolute Gasteiger partial charge is 0.507 e. The van der Waals surface area contributed by atoms with Crippen LogP contribution in [0, 0.1) is 6.92 Å². The topological polar surface area (TPSA) is 112 Å². The summed E-state index contributed by atoms with van der Waals surface area (Å²) in [6.07, 6.45) is 1.68. The number of phenolic OH excluding ortho intramolecular Hbond substituents is 1. The molecule has 0 amide bonds. The zero-order chi connectivity index (χ0) is 19.5. The van der Waals surface area contributed by atoms with E-state index in [1.165, 1.54) is 7.11 Å². The lowest BCUT2D eigenvalue weighted by Gasteiger charge is -2.16. The van der Waals surface area contributed by atoms with Gasteiger partial charge in [0, 0.05) is 18.2 Å². The van der Waals surface area contributed by atoms with Gasteiger partial charge in [-0.15, -0.1) is 0 Å². The number of fused-ring (bicyclic) bond motifs is 1. The van der Waals surface area contributed by atoms with E-state index >= 15 is 0 Å². The molecular weight excluding hydrogens is 363 g/mol. The molecule has 2 N–H and O–H groups in total. The molecule has 1 aromatic carbocycles. The molecule has 1 aliphatic rings. The van der Waals surface area contributed by atoms with E-state index in [0.29, 0.717) is 23.3 Å². The molecule has 1 aromatic rings. The Morgan fingerprint density at radius 2 is 2.08 bits per heavy atom. The number of benzene rings is 1. The van der Waals surface area contributed by atoms with Crippen LogP contribution in [0.1, 0.15) is 34.0 Å². The molecule has 1 heterocycles. The minimum Gasteiger partial charge on any atom is -0.507 e. The predicted octanol–water partition coefficient (Wildman–Crippen LogP) is 2.67. The number of methoxy groups -OCH3 is 1. The van der Waals surface area contributed by atoms with Crippen molar-refractivity contribution < 1.29 is 38.1 Å². The first-order valence-electron chi connectivity index (χ1n) is 7.91. The van der Waals surface area contributed by atoms with Crippen LogP contribution in [0.25, 0.3) is 0 Å². The van der Waals surface area contributed by atoms with E-state index in [9.17, 15) is 19.4 Å². The van der Waals surface area contributed by atoms with Crippen molar-refractivity contribution in [2.24, 2.45) is 0 Å². The minimum absolute atomic E-state index is 0.119. The molecular formula is C17H23O8P. The molecule has 0 aliphatic carbocycles. The summed E-state index contributed by atoms with van der Waals surface area (Å²) in [5, 5.41) is 10.5. The second kappa shape index (κ2) is 8.22. The van der Waals surface area contributed by atoms with Crippen LogP contribution in [0.15, 0.2) is 11.6 Å². The highest BCUT2D eigenvalue weighted by Crippen LogP contribution is 2.42. The molecule has 8 nitrogen and oxygen atoms in total. The van der Waals surface area contributed by atoms with Crippen molar-refractivity contribution in [1.29, 1.82) is 0 Å². The molecule has 0 saturated heterocycles. The number of hydrogen-bond acceptors (Lipinski definition) is 7. The Hall–Kier alpha value is -1.86. The number of ether oxygens (including phenoxy) is 3. The molecule has 1 aliphatic heterocycles. The van der Waals surface area contributed by atoms with E-state index in [2.05, 4.69) is 4.52 Å². The van der Waals surface area contributed by atoms with Gasteiger partial charge in [-0.2, -0.15) is 0 Å². The molecule has 0 bridgehead atoms. The number of esters is 1. The maximum atomic E-state index is 11.9. The number of allylic oxidation sites excluding steroid dienone is 1. The van der Waals surface area contributed by atoms with Crippen LogP contribution >= 0.6 is 7.60 Å². The summed E-state index contributed by atoms with van der Waals surface area (Å²) < 4.78 is 31.4. The Morgan fingerprint density at radius 1 is 1.38 bits per heavy atom. The molecule has 0 radical (unpaired) electrons. The standard InChI is InChI=1S/C17H23O8P/c1-10(7-24-9-26(20,21)23-4)5-6-12-15(18)14-13(8-25-17(14)19)11(2)16(12)22-3/h5,18H,6-9H2,1-4H3,(H,20,21)/b10-5+. The predicted molar refractivity (Wildman–Crippen MR) is 93.6 cm³/mol. The molecule has 0 aromatic heterocycles. The lowest BCUT2D eigenvalue weighted by atomic mass is 9.95. The normalized spacial score (nSPS) is 16.2. The number of aromatic hydroxyl groups is 1. The van der Waals surface area contributed by atoms with E-state index in [4.69, 9.17) is 14.2 Å². The van der Waals surface area contributed by atoms with E-state index in [0.717, 1.165) is 18.2 Å². The van der Waals surface area contributed by atoms with Crippen LogP contribution in [0.5, 0.6) is 11.5 Å². The summed E-state index contributed by atoms with van der Waals surface area (Å²) in [6, 6.07) is 0. The third kappa shape index (κ3) is 4.27. The fraction of sp³-hybridized carbons (Fsp3) is 0.471. The second-order valence-electron chi connectivity index (χ2n) is 5.97. The van der Waals surface area contributed by atoms with Gasteiger partial charge in [0.1, 0.15) is 30.0 Å². The SMILES string of the molecule is COc1c(C)c2c(c(O)c1C/C=C(\C)COCP(=O)(O)OC)C(=O)OC2. The van der Waals surface area contributed by atoms with Crippen molar-refractivity contribution >= 4 is 13.6 Å². The molecule has 2 rings (SSSR count). The van der Waals surface area contributed by atoms with Crippen molar-refractivity contribution in [2.45, 2.75) is 26.9 Å². The highest BCUT2D eigenvalue weighted by Gasteiger charge is 2.31. The molecule has 0 fully saturated rings. The Bertz CT molecular complexity index is 784. The zero-order valence-electron chi connectivity index (χ0n) is 15.2. The zero-order valence-corrected chi connectivity index (χ0v) is 16.1. The summed E-state index contributed by atoms with van der Waals surface area (Å²) in [6.45, 7) is 3.84. The van der Waals surface area contributed by atoms with Crippen molar-refractivity contribution in [1.82, 2.24) is 0 Å². The lowest BCUT2D eigenvalue weighted by molar-refractivity contribution is 0.0533. The highest BCUT2D eigenvalue weighted by molar-refractivity contribution is 7.52. The van der Waals surface area contributed by atoms with E-state index in [1.807, 2.05) is 6.92 Å². The van der Waals surface area contributed by atoms with Crippen molar-refractivity contribution in [3.05, 3.63) is 33.9 Å². The first-order chi connectivity index (χ1) is 12.2. The van der Waals surface area contributed by atoms with Gasteiger partial charge < -0.3 is 28.7 Å². The molecule has 26 heavy (non-hydrogen) atoms. The summed E-state index contributed by atoms with van der Waals surface area (Å²) in [7, 11) is -1.07. The summed E-state index contributed by atoms with van der Waals surface area (Å²) in [4.78, 5) is 21.2. The third-order valence-electron chi connectivity index (χ3n) is 4.17. The van der Waals surface area contributed by atoms with Crippen LogP contribution in [-0.4, -0.2) is 43.1 Å². The van der Waals surface area contributed by atoms with Crippen LogP contribution in [0.4, 0.5) is 0 Å². The maximum absolute atomic E-state index is 11.9. The molecule has 1 atom stereocenters. The van der Waals surface area contributed by atoms with Gasteiger partial charge in [-0.3, -0.25) is 4.57 Å². The Balaban J connectivity index is 2.19. The van der Waals surface area contributed by atoms with Crippen molar-refractivity contribution in [3.8, 4) is 11.5 Å². The first-order valence-corrected chi connectivity index (χ1v) is 9.67. The average Bonchev–Trinajstić information content (AvgIpc) is 2.98. The average molecular weight is 386 g/mol. The first kappa shape index (κ1) is 20.5. The van der Waals surface area contributed by atoms with E-state index in [1.54, 1.807) is 13.0 Å². The van der Waals surface area contributed by atoms with Crippen molar-refractivity contribution in [3.63, 3.8) is 0 Å². The number of phenols is 1. The van der Waals surface area contributed by atoms with Gasteiger partial charge in [0.2, 0.25) is 0 Å². The molecule has 144 valence electrons. The number of rotatable bonds is 8. The summed E-state index contributed by atoms with van der Waals surface area (Å²) in [5.41, 5.74) is 2.83. The monoisotopic (exact) mass is 386 g/mol. The van der Waals surface area contributed by atoms with Crippen LogP contribution in [0.2, 0.25) is 0 Å². The smallest absolute Gasteiger partial charge is 0.353 e. The fourth-order valence-corrected chi connectivity index (χ4v) is 3.17. The van der Waals surface area contributed by atoms with Crippen LogP contribution < -0.4 is 4.74 Å². The number of hydrogen-bond donors (Lipinski definition) is 2. The second-order valence-corrected chi connectivity index (χ2v) is 7.87. The van der Waals surface area contributed by atoms with E-state index in [-0.39, 0.29) is 24.5 Å². The number of carbonyl (C=O) groups excluding carboxylic acids is 1. The highest BCUT2D eigenvalue weighted by atomic mass is 31.2. The van der Waals surface area contributed by atoms with Gasteiger partial charge in [-0.25, -0.2) is 4.79 Å². The van der Waals surface area contributed by atoms with Gasteiger partial charge in [-0.1, -0.05) is 11.6 Å². The molecule has 9 heteroatoms. The van der Waals surface area contributed by atoms with Crippen LogP contribution in [0.3, 0.4) is 0 Å². The summed E-state index contributed by atoms with van der Waals surface area (Å²) in [5.74, 6) is -0.190. The Kier molecular flexibility index (Phi) is 6.47. The lowest BCUT2D eigenvalue weighted by Crippen LogP contribution is -2.04. The minimum atomic E-state index is -3.71. The Morgan fingerprint density at radius 3 is 2.69 bits per heavy atom.